The van der Waals surface area contributed by atoms with Crippen molar-refractivity contribution in [3.63, 3.8) is 0 Å². The maximum atomic E-state index is 11.4. The molecule has 100 valence electrons. The molecule has 1 aromatic rings. The third-order valence-corrected chi connectivity index (χ3v) is 4.03. The van der Waals surface area contributed by atoms with Crippen LogP contribution in [0.25, 0.3) is 0 Å². The van der Waals surface area contributed by atoms with Crippen molar-refractivity contribution in [1.29, 1.82) is 0 Å². The molecule has 0 aliphatic carbocycles. The first kappa shape index (κ1) is 15.1. The largest absolute Gasteiger partial charge is 0.496 e. The summed E-state index contributed by atoms with van der Waals surface area (Å²) in [6, 6.07) is 5.51. The first-order valence-corrected chi connectivity index (χ1v) is 7.03. The lowest BCUT2D eigenvalue weighted by Crippen LogP contribution is -2.02. The summed E-state index contributed by atoms with van der Waals surface area (Å²) in [6.07, 6.45) is 0.777. The van der Waals surface area contributed by atoms with Gasteiger partial charge in [-0.3, -0.25) is 4.79 Å². The van der Waals surface area contributed by atoms with E-state index in [9.17, 15) is 4.79 Å². The summed E-state index contributed by atoms with van der Waals surface area (Å²) in [7, 11) is 1.63. The first-order chi connectivity index (χ1) is 8.58. The highest BCUT2D eigenvalue weighted by atomic mass is 32.2. The smallest absolute Gasteiger partial charge is 0.159 e. The first-order valence-electron chi connectivity index (χ1n) is 5.98. The molecule has 0 radical (unpaired) electrons. The lowest BCUT2D eigenvalue weighted by molar-refractivity contribution is 0.101. The Hall–Kier alpha value is -1.00. The molecule has 0 heterocycles. The summed E-state index contributed by atoms with van der Waals surface area (Å²) < 4.78 is 5.30. The Morgan fingerprint density at radius 3 is 2.78 bits per heavy atom. The second-order valence-electron chi connectivity index (χ2n) is 4.22. The topological polar surface area (TPSA) is 46.5 Å². The summed E-state index contributed by atoms with van der Waals surface area (Å²) >= 11 is 1.75. The highest BCUT2D eigenvalue weighted by Gasteiger charge is 2.09. The second-order valence-corrected chi connectivity index (χ2v) is 5.64. The molecular formula is C14H20O3S. The van der Waals surface area contributed by atoms with E-state index >= 15 is 0 Å². The molecule has 1 N–H and O–H groups in total. The summed E-state index contributed by atoms with van der Waals surface area (Å²) in [5.41, 5.74) is 1.74. The number of hydrogen-bond donors (Lipinski definition) is 1. The fraction of sp³-hybridized carbons (Fsp3) is 0.500. The Kier molecular flexibility index (Phi) is 6.22. The monoisotopic (exact) mass is 268 g/mol. The van der Waals surface area contributed by atoms with Gasteiger partial charge in [0.1, 0.15) is 5.75 Å². The maximum Gasteiger partial charge on any atom is 0.159 e. The number of thioether (sulfide) groups is 1. The zero-order chi connectivity index (χ0) is 13.5. The van der Waals surface area contributed by atoms with Crippen molar-refractivity contribution < 1.29 is 14.6 Å². The number of methoxy groups -OCH3 is 1. The number of rotatable bonds is 7. The number of carbonyl (C=O) groups is 1. The molecule has 1 aromatic carbocycles. The minimum Gasteiger partial charge on any atom is -0.496 e. The van der Waals surface area contributed by atoms with E-state index in [-0.39, 0.29) is 12.4 Å². The van der Waals surface area contributed by atoms with E-state index in [2.05, 4.69) is 6.92 Å². The Bertz CT molecular complexity index is 404. The Morgan fingerprint density at radius 2 is 2.22 bits per heavy atom. The van der Waals surface area contributed by atoms with Crippen molar-refractivity contribution >= 4 is 17.5 Å². The molecule has 0 fully saturated rings. The van der Waals surface area contributed by atoms with Crippen molar-refractivity contribution in [1.82, 2.24) is 0 Å². The van der Waals surface area contributed by atoms with Gasteiger partial charge in [0.25, 0.3) is 0 Å². The molecule has 0 saturated carbocycles. The van der Waals surface area contributed by atoms with Crippen LogP contribution >= 0.6 is 11.8 Å². The van der Waals surface area contributed by atoms with Gasteiger partial charge in [0.15, 0.2) is 5.78 Å². The van der Waals surface area contributed by atoms with Crippen LogP contribution in [-0.4, -0.2) is 29.9 Å². The highest BCUT2D eigenvalue weighted by Crippen LogP contribution is 2.27. The average Bonchev–Trinajstić information content (AvgIpc) is 2.36. The molecule has 3 nitrogen and oxygen atoms in total. The number of benzene rings is 1. The molecule has 0 saturated heterocycles. The van der Waals surface area contributed by atoms with Crippen LogP contribution in [0.3, 0.4) is 0 Å². The Morgan fingerprint density at radius 1 is 1.50 bits per heavy atom. The van der Waals surface area contributed by atoms with Crippen LogP contribution in [0.5, 0.6) is 5.75 Å². The van der Waals surface area contributed by atoms with Crippen LogP contribution in [0, 0.1) is 0 Å². The number of hydrogen-bond acceptors (Lipinski definition) is 4. The molecule has 1 unspecified atom stereocenters. The molecule has 0 aliphatic rings. The van der Waals surface area contributed by atoms with Gasteiger partial charge in [-0.25, -0.2) is 0 Å². The predicted octanol–water partition coefficient (Wildman–Crippen LogP) is 2.90. The number of aliphatic hydroxyl groups excluding tert-OH is 1. The lowest BCUT2D eigenvalue weighted by Gasteiger charge is -2.13. The van der Waals surface area contributed by atoms with Crippen molar-refractivity contribution in [3.05, 3.63) is 29.3 Å². The van der Waals surface area contributed by atoms with E-state index in [1.165, 1.54) is 0 Å². The third-order valence-electron chi connectivity index (χ3n) is 2.75. The van der Waals surface area contributed by atoms with Crippen LogP contribution in [0.1, 0.15) is 36.2 Å². The van der Waals surface area contributed by atoms with Gasteiger partial charge in [-0.15, -0.1) is 0 Å². The van der Waals surface area contributed by atoms with E-state index in [1.54, 1.807) is 31.9 Å². The van der Waals surface area contributed by atoms with Gasteiger partial charge in [-0.2, -0.15) is 11.8 Å². The second kappa shape index (κ2) is 7.44. The standard InChI is InChI=1S/C14H20O3S/c1-10(6-7-15)18-9-13-8-12(11(2)16)4-5-14(13)17-3/h4-5,8,10,15H,6-7,9H2,1-3H3. The van der Waals surface area contributed by atoms with Gasteiger partial charge in [0.05, 0.1) is 7.11 Å². The Balaban J connectivity index is 2.78. The van der Waals surface area contributed by atoms with Crippen molar-refractivity contribution in [2.75, 3.05) is 13.7 Å². The summed E-state index contributed by atoms with van der Waals surface area (Å²) in [4.78, 5) is 11.4. The number of ketones is 1. The number of carbonyl (C=O) groups excluding carboxylic acids is 1. The molecule has 18 heavy (non-hydrogen) atoms. The fourth-order valence-corrected chi connectivity index (χ4v) is 2.57. The van der Waals surface area contributed by atoms with Gasteiger partial charge in [0, 0.05) is 28.7 Å². The molecule has 0 aromatic heterocycles. The molecular weight excluding hydrogens is 248 g/mol. The van der Waals surface area contributed by atoms with E-state index in [0.717, 1.165) is 23.5 Å². The fourth-order valence-electron chi connectivity index (χ4n) is 1.61. The van der Waals surface area contributed by atoms with Crippen molar-refractivity contribution in [2.45, 2.75) is 31.3 Å². The lowest BCUT2D eigenvalue weighted by atomic mass is 10.1. The van der Waals surface area contributed by atoms with Crippen LogP contribution in [0.2, 0.25) is 0 Å². The van der Waals surface area contributed by atoms with E-state index in [1.807, 2.05) is 12.1 Å². The molecule has 0 spiro atoms. The summed E-state index contributed by atoms with van der Waals surface area (Å²) in [5.74, 6) is 1.65. The maximum absolute atomic E-state index is 11.4. The molecule has 0 bridgehead atoms. The minimum absolute atomic E-state index is 0.0623. The van der Waals surface area contributed by atoms with Gasteiger partial charge in [-0.05, 0) is 31.5 Å². The molecule has 0 aliphatic heterocycles. The molecule has 1 atom stereocenters. The third kappa shape index (κ3) is 4.35. The van der Waals surface area contributed by atoms with Crippen LogP contribution < -0.4 is 4.74 Å². The van der Waals surface area contributed by atoms with Crippen LogP contribution in [0.4, 0.5) is 0 Å². The zero-order valence-corrected chi connectivity index (χ0v) is 11.9. The van der Waals surface area contributed by atoms with Gasteiger partial charge in [-0.1, -0.05) is 6.92 Å². The average molecular weight is 268 g/mol. The van der Waals surface area contributed by atoms with Crippen molar-refractivity contribution in [3.8, 4) is 5.75 Å². The summed E-state index contributed by atoms with van der Waals surface area (Å²) in [5, 5.41) is 9.26. The molecule has 4 heteroatoms. The Labute approximate surface area is 113 Å². The SMILES string of the molecule is COc1ccc(C(C)=O)cc1CSC(C)CCO. The number of Topliss-reactive ketones (excluding diaryl/α,β-unsaturated/α-hetero) is 1. The predicted molar refractivity (Wildman–Crippen MR) is 75.5 cm³/mol. The van der Waals surface area contributed by atoms with E-state index < -0.39 is 0 Å². The van der Waals surface area contributed by atoms with Crippen LogP contribution in [-0.2, 0) is 5.75 Å². The number of ether oxygens (including phenoxy) is 1. The van der Waals surface area contributed by atoms with E-state index in [0.29, 0.717) is 10.8 Å². The van der Waals surface area contributed by atoms with E-state index in [4.69, 9.17) is 9.84 Å². The normalized spacial score (nSPS) is 12.2. The molecule has 0 amide bonds. The van der Waals surface area contributed by atoms with Gasteiger partial charge >= 0.3 is 0 Å². The molecule has 1 rings (SSSR count). The summed E-state index contributed by atoms with van der Waals surface area (Å²) in [6.45, 7) is 3.86. The quantitative estimate of drug-likeness (QED) is 0.772. The minimum atomic E-state index is 0.0623. The van der Waals surface area contributed by atoms with Gasteiger partial charge in [0.2, 0.25) is 0 Å². The van der Waals surface area contributed by atoms with Gasteiger partial charge < -0.3 is 9.84 Å². The van der Waals surface area contributed by atoms with Crippen molar-refractivity contribution in [2.24, 2.45) is 0 Å². The number of aliphatic hydroxyl groups is 1. The zero-order valence-electron chi connectivity index (χ0n) is 11.1. The highest BCUT2D eigenvalue weighted by molar-refractivity contribution is 7.99. The van der Waals surface area contributed by atoms with Crippen LogP contribution in [0.15, 0.2) is 18.2 Å².